The number of carbonyl (C=O) groups is 1. The Labute approximate surface area is 144 Å². The van der Waals surface area contributed by atoms with E-state index >= 15 is 0 Å². The molecule has 0 aliphatic carbocycles. The van der Waals surface area contributed by atoms with Crippen molar-refractivity contribution < 1.29 is 9.21 Å². The molecule has 0 bridgehead atoms. The van der Waals surface area contributed by atoms with Crippen LogP contribution in [-0.4, -0.2) is 32.5 Å². The van der Waals surface area contributed by atoms with Crippen molar-refractivity contribution in [2.75, 3.05) is 7.05 Å². The van der Waals surface area contributed by atoms with Crippen molar-refractivity contribution >= 4 is 22.5 Å². The molecule has 1 amide bonds. The summed E-state index contributed by atoms with van der Waals surface area (Å²) in [4.78, 5) is 14.6. The smallest absolute Gasteiger partial charge is 0.255 e. The van der Waals surface area contributed by atoms with Crippen LogP contribution in [0.1, 0.15) is 34.9 Å². The van der Waals surface area contributed by atoms with Crippen LogP contribution in [0.5, 0.6) is 0 Å². The van der Waals surface area contributed by atoms with Crippen LogP contribution in [0.3, 0.4) is 0 Å². The average Bonchev–Trinajstić information content (AvgIpc) is 3.23. The van der Waals surface area contributed by atoms with E-state index in [2.05, 4.69) is 10.2 Å². The number of fused-ring (bicyclic) bond motifs is 2. The zero-order valence-corrected chi connectivity index (χ0v) is 14.3. The minimum atomic E-state index is -0.183. The minimum Gasteiger partial charge on any atom is -0.459 e. The first-order valence-corrected chi connectivity index (χ1v) is 8.11. The fraction of sp³-hybridized carbons (Fsp3) is 0.211. The Bertz CT molecular complexity index is 1050. The Kier molecular flexibility index (Phi) is 3.53. The Morgan fingerprint density at radius 1 is 1.20 bits per heavy atom. The lowest BCUT2D eigenvalue weighted by Crippen LogP contribution is -2.29. The summed E-state index contributed by atoms with van der Waals surface area (Å²) in [5, 5.41) is 9.10. The van der Waals surface area contributed by atoms with Gasteiger partial charge in [-0.3, -0.25) is 9.20 Å². The summed E-state index contributed by atoms with van der Waals surface area (Å²) in [6, 6.07) is 13.2. The molecule has 3 heterocycles. The number of hydrogen-bond acceptors (Lipinski definition) is 4. The molecule has 4 rings (SSSR count). The van der Waals surface area contributed by atoms with Crippen LogP contribution < -0.4 is 0 Å². The Balaban J connectivity index is 1.64. The van der Waals surface area contributed by atoms with E-state index in [-0.39, 0.29) is 11.9 Å². The molecule has 3 aromatic heterocycles. The molecule has 25 heavy (non-hydrogen) atoms. The first kappa shape index (κ1) is 15.4. The molecule has 4 aromatic rings. The SMILES string of the molecule is Cc1nnc2ccc(C(=O)N(C)[C@H](C)c3cc4ccccc4o3)cn12. The third-order valence-electron chi connectivity index (χ3n) is 4.58. The summed E-state index contributed by atoms with van der Waals surface area (Å²) in [5.41, 5.74) is 2.13. The van der Waals surface area contributed by atoms with Gasteiger partial charge < -0.3 is 9.32 Å². The molecule has 6 nitrogen and oxygen atoms in total. The molecule has 0 N–H and O–H groups in total. The molecular formula is C19H18N4O2. The molecule has 0 fully saturated rings. The number of pyridine rings is 1. The number of amides is 1. The maximum absolute atomic E-state index is 12.9. The second-order valence-corrected chi connectivity index (χ2v) is 6.17. The molecule has 0 saturated heterocycles. The lowest BCUT2D eigenvalue weighted by molar-refractivity contribution is 0.0727. The fourth-order valence-electron chi connectivity index (χ4n) is 2.91. The second-order valence-electron chi connectivity index (χ2n) is 6.17. The van der Waals surface area contributed by atoms with Gasteiger partial charge in [-0.25, -0.2) is 0 Å². The largest absolute Gasteiger partial charge is 0.459 e. The summed E-state index contributed by atoms with van der Waals surface area (Å²) in [6.07, 6.45) is 1.77. The van der Waals surface area contributed by atoms with E-state index in [1.54, 1.807) is 30.3 Å². The van der Waals surface area contributed by atoms with E-state index in [1.807, 2.05) is 48.6 Å². The van der Waals surface area contributed by atoms with Gasteiger partial charge in [-0.1, -0.05) is 18.2 Å². The fourth-order valence-corrected chi connectivity index (χ4v) is 2.91. The van der Waals surface area contributed by atoms with Crippen molar-refractivity contribution in [3.8, 4) is 0 Å². The van der Waals surface area contributed by atoms with Gasteiger partial charge in [-0.15, -0.1) is 10.2 Å². The maximum Gasteiger partial charge on any atom is 0.255 e. The summed E-state index contributed by atoms with van der Waals surface area (Å²) < 4.78 is 7.71. The monoisotopic (exact) mass is 334 g/mol. The van der Waals surface area contributed by atoms with Gasteiger partial charge in [0.1, 0.15) is 17.2 Å². The van der Waals surface area contributed by atoms with Gasteiger partial charge in [0.05, 0.1) is 11.6 Å². The molecule has 0 spiro atoms. The van der Waals surface area contributed by atoms with Crippen LogP contribution in [0.4, 0.5) is 0 Å². The number of aryl methyl sites for hydroxylation is 1. The highest BCUT2D eigenvalue weighted by molar-refractivity contribution is 5.94. The first-order valence-electron chi connectivity index (χ1n) is 8.11. The highest BCUT2D eigenvalue weighted by Gasteiger charge is 2.22. The van der Waals surface area contributed by atoms with Crippen LogP contribution in [0.15, 0.2) is 53.1 Å². The summed E-state index contributed by atoms with van der Waals surface area (Å²) in [6.45, 7) is 3.81. The van der Waals surface area contributed by atoms with Crippen LogP contribution in [0, 0.1) is 6.92 Å². The number of aromatic nitrogens is 3. The molecule has 0 unspecified atom stereocenters. The van der Waals surface area contributed by atoms with Crippen LogP contribution in [0.2, 0.25) is 0 Å². The lowest BCUT2D eigenvalue weighted by Gasteiger charge is -2.23. The van der Waals surface area contributed by atoms with Gasteiger partial charge >= 0.3 is 0 Å². The van der Waals surface area contributed by atoms with Gasteiger partial charge in [0.25, 0.3) is 5.91 Å². The summed E-state index contributed by atoms with van der Waals surface area (Å²) in [7, 11) is 1.78. The predicted octanol–water partition coefficient (Wildman–Crippen LogP) is 3.62. The minimum absolute atomic E-state index is 0.0806. The molecule has 0 aliphatic heterocycles. The standard InChI is InChI=1S/C19H18N4O2/c1-12(17-10-14-6-4-5-7-16(14)25-17)22(3)19(24)15-8-9-18-21-20-13(2)23(18)11-15/h4-12H,1-3H3/t12-/m1/s1. The molecular weight excluding hydrogens is 316 g/mol. The highest BCUT2D eigenvalue weighted by atomic mass is 16.3. The van der Waals surface area contributed by atoms with Gasteiger partial charge in [0.2, 0.25) is 0 Å². The Morgan fingerprint density at radius 2 is 2.00 bits per heavy atom. The third kappa shape index (κ3) is 2.55. The highest BCUT2D eigenvalue weighted by Crippen LogP contribution is 2.27. The zero-order valence-electron chi connectivity index (χ0n) is 14.3. The number of furan rings is 1. The van der Waals surface area contributed by atoms with Crippen molar-refractivity contribution in [3.63, 3.8) is 0 Å². The topological polar surface area (TPSA) is 63.6 Å². The van der Waals surface area contributed by atoms with Crippen molar-refractivity contribution in [1.29, 1.82) is 0 Å². The number of rotatable bonds is 3. The van der Waals surface area contributed by atoms with Gasteiger partial charge in [-0.2, -0.15) is 0 Å². The molecule has 0 aliphatic rings. The number of benzene rings is 1. The Hall–Kier alpha value is -3.15. The van der Waals surface area contributed by atoms with E-state index in [4.69, 9.17) is 4.42 Å². The van der Waals surface area contributed by atoms with Gasteiger partial charge in [-0.05, 0) is 38.1 Å². The van der Waals surface area contributed by atoms with Crippen LogP contribution >= 0.6 is 0 Å². The first-order chi connectivity index (χ1) is 12.0. The predicted molar refractivity (Wildman–Crippen MR) is 94.4 cm³/mol. The molecule has 0 radical (unpaired) electrons. The van der Waals surface area contributed by atoms with Crippen molar-refractivity contribution in [2.24, 2.45) is 0 Å². The second kappa shape index (κ2) is 5.73. The van der Waals surface area contributed by atoms with Crippen molar-refractivity contribution in [3.05, 3.63) is 65.8 Å². The Morgan fingerprint density at radius 3 is 2.80 bits per heavy atom. The van der Waals surface area contributed by atoms with Crippen molar-refractivity contribution in [1.82, 2.24) is 19.5 Å². The summed E-state index contributed by atoms with van der Waals surface area (Å²) in [5.74, 6) is 1.43. The maximum atomic E-state index is 12.9. The van der Waals surface area contributed by atoms with E-state index in [0.717, 1.165) is 28.2 Å². The quantitative estimate of drug-likeness (QED) is 0.574. The van der Waals surface area contributed by atoms with Crippen molar-refractivity contribution in [2.45, 2.75) is 19.9 Å². The number of nitrogens with zero attached hydrogens (tertiary/aromatic N) is 4. The van der Waals surface area contributed by atoms with Crippen LogP contribution in [0.25, 0.3) is 16.6 Å². The normalized spacial score (nSPS) is 12.6. The molecule has 6 heteroatoms. The molecule has 1 aromatic carbocycles. The molecule has 126 valence electrons. The van der Waals surface area contributed by atoms with Gasteiger partial charge in [0.15, 0.2) is 5.65 Å². The summed E-state index contributed by atoms with van der Waals surface area (Å²) >= 11 is 0. The average molecular weight is 334 g/mol. The number of carbonyl (C=O) groups excluding carboxylic acids is 1. The lowest BCUT2D eigenvalue weighted by atomic mass is 10.1. The van der Waals surface area contributed by atoms with E-state index in [0.29, 0.717) is 5.56 Å². The molecule has 0 saturated carbocycles. The van der Waals surface area contributed by atoms with E-state index in [9.17, 15) is 4.79 Å². The van der Waals surface area contributed by atoms with E-state index in [1.165, 1.54) is 0 Å². The third-order valence-corrected chi connectivity index (χ3v) is 4.58. The number of hydrogen-bond donors (Lipinski definition) is 0. The van der Waals surface area contributed by atoms with E-state index < -0.39 is 0 Å². The van der Waals surface area contributed by atoms with Crippen LogP contribution in [-0.2, 0) is 0 Å². The number of para-hydroxylation sites is 1. The molecule has 1 atom stereocenters. The van der Waals surface area contributed by atoms with Gasteiger partial charge in [0, 0.05) is 18.6 Å². The zero-order chi connectivity index (χ0) is 17.6.